The van der Waals surface area contributed by atoms with Crippen molar-refractivity contribution < 1.29 is 18.7 Å². The minimum absolute atomic E-state index is 0.00505. The third-order valence-corrected chi connectivity index (χ3v) is 5.36. The molecule has 3 atom stereocenters. The largest absolute Gasteiger partial charge is 0.444 e. The number of nitrogens with zero attached hydrogens (tertiary/aromatic N) is 1. The van der Waals surface area contributed by atoms with E-state index in [1.54, 1.807) is 32.9 Å². The topological polar surface area (TPSA) is 58.6 Å². The Balaban J connectivity index is 1.79. The number of hydrogen-bond acceptors (Lipinski definition) is 3. The van der Waals surface area contributed by atoms with Crippen LogP contribution in [0.5, 0.6) is 0 Å². The third kappa shape index (κ3) is 3.52. The molecule has 1 heterocycles. The molecule has 0 aromatic heterocycles. The van der Waals surface area contributed by atoms with Crippen molar-refractivity contribution in [2.75, 3.05) is 5.32 Å². The standard InChI is InChI=1S/C18H22BrFN2O3/c1-17(2,3)25-16(24)22-12(8-18(4)9-13(18)22)15(23)21-11-7-5-6-10(19)14(11)20/h5-7,12-13H,8-9H2,1-4H3,(H,21,23)/t12-,13+,18-/m0/s1. The lowest BCUT2D eigenvalue weighted by atomic mass is 10.0. The van der Waals surface area contributed by atoms with Gasteiger partial charge < -0.3 is 10.1 Å². The fourth-order valence-corrected chi connectivity index (χ4v) is 3.76. The van der Waals surface area contributed by atoms with Crippen molar-refractivity contribution in [3.63, 3.8) is 0 Å². The predicted molar refractivity (Wildman–Crippen MR) is 95.7 cm³/mol. The Morgan fingerprint density at radius 1 is 1.36 bits per heavy atom. The first-order chi connectivity index (χ1) is 11.5. The van der Waals surface area contributed by atoms with E-state index in [-0.39, 0.29) is 21.6 Å². The van der Waals surface area contributed by atoms with Gasteiger partial charge in [-0.05, 0) is 67.1 Å². The second kappa shape index (κ2) is 5.97. The van der Waals surface area contributed by atoms with E-state index >= 15 is 0 Å². The first-order valence-corrected chi connectivity index (χ1v) is 9.07. The number of nitrogens with one attached hydrogen (secondary N) is 1. The number of benzene rings is 1. The molecule has 2 aliphatic rings. The Hall–Kier alpha value is -1.63. The summed E-state index contributed by atoms with van der Waals surface area (Å²) in [6.45, 7) is 7.43. The molecular formula is C18H22BrFN2O3. The summed E-state index contributed by atoms with van der Waals surface area (Å²) < 4.78 is 19.9. The number of fused-ring (bicyclic) bond motifs is 1. The summed E-state index contributed by atoms with van der Waals surface area (Å²) >= 11 is 3.10. The molecule has 1 aliphatic heterocycles. The van der Waals surface area contributed by atoms with Crippen molar-refractivity contribution in [3.05, 3.63) is 28.5 Å². The highest BCUT2D eigenvalue weighted by atomic mass is 79.9. The van der Waals surface area contributed by atoms with Crippen LogP contribution in [0, 0.1) is 11.2 Å². The van der Waals surface area contributed by atoms with E-state index in [0.29, 0.717) is 6.42 Å². The summed E-state index contributed by atoms with van der Waals surface area (Å²) in [6, 6.07) is 4.04. The minimum Gasteiger partial charge on any atom is -0.444 e. The van der Waals surface area contributed by atoms with Crippen LogP contribution in [0.2, 0.25) is 0 Å². The summed E-state index contributed by atoms with van der Waals surface area (Å²) in [6.07, 6.45) is 0.924. The van der Waals surface area contributed by atoms with E-state index in [1.165, 1.54) is 11.0 Å². The molecule has 0 unspecified atom stereocenters. The van der Waals surface area contributed by atoms with Crippen LogP contribution in [0.25, 0.3) is 0 Å². The lowest BCUT2D eigenvalue weighted by molar-refractivity contribution is -0.121. The van der Waals surface area contributed by atoms with Gasteiger partial charge in [-0.2, -0.15) is 0 Å². The second-order valence-electron chi connectivity index (χ2n) is 8.07. The van der Waals surface area contributed by atoms with E-state index < -0.39 is 29.5 Å². The predicted octanol–water partition coefficient (Wildman–Crippen LogP) is 4.31. The van der Waals surface area contributed by atoms with Crippen LogP contribution in [-0.2, 0) is 9.53 Å². The molecule has 1 saturated heterocycles. The molecule has 0 bridgehead atoms. The van der Waals surface area contributed by atoms with E-state index in [2.05, 4.69) is 28.2 Å². The lowest BCUT2D eigenvalue weighted by Crippen LogP contribution is -2.47. The molecule has 7 heteroatoms. The van der Waals surface area contributed by atoms with Crippen molar-refractivity contribution in [3.8, 4) is 0 Å². The van der Waals surface area contributed by atoms with E-state index in [9.17, 15) is 14.0 Å². The maximum absolute atomic E-state index is 14.1. The van der Waals surface area contributed by atoms with Crippen LogP contribution in [-0.4, -0.2) is 34.6 Å². The van der Waals surface area contributed by atoms with Gasteiger partial charge in [0.15, 0.2) is 5.82 Å². The number of amides is 2. The number of piperidine rings is 1. The van der Waals surface area contributed by atoms with Gasteiger partial charge in [-0.25, -0.2) is 9.18 Å². The van der Waals surface area contributed by atoms with Crippen LogP contribution in [0.4, 0.5) is 14.9 Å². The van der Waals surface area contributed by atoms with E-state index in [0.717, 1.165) is 6.42 Å². The van der Waals surface area contributed by atoms with E-state index in [1.807, 2.05) is 0 Å². The number of carbonyl (C=O) groups excluding carboxylic acids is 2. The number of halogens is 2. The molecule has 1 N–H and O–H groups in total. The number of carbonyl (C=O) groups is 2. The van der Waals surface area contributed by atoms with Gasteiger partial charge in [0.2, 0.25) is 5.91 Å². The number of likely N-dealkylation sites (tertiary alicyclic amines) is 1. The molecule has 1 saturated carbocycles. The molecule has 1 aromatic rings. The van der Waals surface area contributed by atoms with Gasteiger partial charge in [0.25, 0.3) is 0 Å². The zero-order chi connectivity index (χ0) is 18.6. The van der Waals surface area contributed by atoms with Gasteiger partial charge >= 0.3 is 6.09 Å². The average molecular weight is 413 g/mol. The monoisotopic (exact) mass is 412 g/mol. The fourth-order valence-electron chi connectivity index (χ4n) is 3.40. The van der Waals surface area contributed by atoms with Gasteiger partial charge in [-0.3, -0.25) is 9.69 Å². The first kappa shape index (κ1) is 18.2. The van der Waals surface area contributed by atoms with Gasteiger partial charge in [0.1, 0.15) is 11.6 Å². The zero-order valence-electron chi connectivity index (χ0n) is 14.7. The van der Waals surface area contributed by atoms with Gasteiger partial charge in [-0.15, -0.1) is 0 Å². The van der Waals surface area contributed by atoms with Crippen molar-refractivity contribution >= 4 is 33.6 Å². The minimum atomic E-state index is -0.656. The van der Waals surface area contributed by atoms with Crippen molar-refractivity contribution in [1.29, 1.82) is 0 Å². The van der Waals surface area contributed by atoms with Crippen LogP contribution in [0.3, 0.4) is 0 Å². The SMILES string of the molecule is CC(C)(C)OC(=O)N1[C@H](C(=O)Nc2cccc(Br)c2F)C[C@@]2(C)C[C@@H]12. The Kier molecular flexibility index (Phi) is 4.34. The summed E-state index contributed by atoms with van der Waals surface area (Å²) in [7, 11) is 0. The first-order valence-electron chi connectivity index (χ1n) is 8.28. The summed E-state index contributed by atoms with van der Waals surface area (Å²) in [4.78, 5) is 26.8. The van der Waals surface area contributed by atoms with Crippen LogP contribution in [0.1, 0.15) is 40.5 Å². The highest BCUT2D eigenvalue weighted by Crippen LogP contribution is 2.59. The Labute approximate surface area is 155 Å². The number of hydrogen-bond donors (Lipinski definition) is 1. The smallest absolute Gasteiger partial charge is 0.411 e. The zero-order valence-corrected chi connectivity index (χ0v) is 16.3. The highest BCUT2D eigenvalue weighted by molar-refractivity contribution is 9.10. The number of rotatable bonds is 2. The summed E-state index contributed by atoms with van der Waals surface area (Å²) in [5, 5.41) is 2.61. The molecule has 0 spiro atoms. The van der Waals surface area contributed by atoms with Crippen LogP contribution >= 0.6 is 15.9 Å². The maximum Gasteiger partial charge on any atom is 0.411 e. The van der Waals surface area contributed by atoms with Crippen LogP contribution < -0.4 is 5.32 Å². The van der Waals surface area contributed by atoms with Crippen molar-refractivity contribution in [2.45, 2.75) is 58.2 Å². The van der Waals surface area contributed by atoms with Gasteiger partial charge in [0.05, 0.1) is 10.2 Å². The molecule has 1 aromatic carbocycles. The molecule has 0 radical (unpaired) electrons. The highest BCUT2D eigenvalue weighted by Gasteiger charge is 2.65. The Bertz CT molecular complexity index is 734. The van der Waals surface area contributed by atoms with Crippen molar-refractivity contribution in [2.24, 2.45) is 5.41 Å². The Morgan fingerprint density at radius 2 is 2.04 bits per heavy atom. The van der Waals surface area contributed by atoms with Gasteiger partial charge in [-0.1, -0.05) is 13.0 Å². The van der Waals surface area contributed by atoms with Crippen molar-refractivity contribution in [1.82, 2.24) is 4.90 Å². The number of ether oxygens (including phenoxy) is 1. The molecule has 136 valence electrons. The normalized spacial score (nSPS) is 27.7. The number of anilines is 1. The molecule has 2 fully saturated rings. The molecule has 2 amide bonds. The quantitative estimate of drug-likeness (QED) is 0.786. The summed E-state index contributed by atoms with van der Waals surface area (Å²) in [5.41, 5.74) is -0.605. The van der Waals surface area contributed by atoms with E-state index in [4.69, 9.17) is 4.74 Å². The third-order valence-electron chi connectivity index (χ3n) is 4.75. The molecule has 1 aliphatic carbocycles. The molecule has 3 rings (SSSR count). The lowest BCUT2D eigenvalue weighted by Gasteiger charge is -2.29. The van der Waals surface area contributed by atoms with Crippen LogP contribution in [0.15, 0.2) is 22.7 Å². The second-order valence-corrected chi connectivity index (χ2v) is 8.93. The average Bonchev–Trinajstić information content (AvgIpc) is 3.03. The fraction of sp³-hybridized carbons (Fsp3) is 0.556. The Morgan fingerprint density at radius 3 is 2.68 bits per heavy atom. The molecule has 25 heavy (non-hydrogen) atoms. The van der Waals surface area contributed by atoms with Gasteiger partial charge in [0, 0.05) is 6.04 Å². The molecular weight excluding hydrogens is 391 g/mol. The summed E-state index contributed by atoms with van der Waals surface area (Å²) in [5.74, 6) is -0.926. The maximum atomic E-state index is 14.1. The molecule has 5 nitrogen and oxygen atoms in total.